The van der Waals surface area contributed by atoms with E-state index in [1.165, 1.54) is 36.4 Å². The summed E-state index contributed by atoms with van der Waals surface area (Å²) in [6.45, 7) is 3.87. The van der Waals surface area contributed by atoms with Gasteiger partial charge in [-0.05, 0) is 50.2 Å². The second kappa shape index (κ2) is 8.64. The van der Waals surface area contributed by atoms with Crippen molar-refractivity contribution in [1.29, 1.82) is 0 Å². The minimum absolute atomic E-state index is 0.0355. The number of halogens is 2. The minimum atomic E-state index is -4.01. The Labute approximate surface area is 183 Å². The largest absolute Gasteiger partial charge is 0.424 e. The van der Waals surface area contributed by atoms with Crippen LogP contribution in [0.15, 0.2) is 65.6 Å². The molecule has 166 valence electrons. The maximum absolute atomic E-state index is 14.1. The number of benzene rings is 3. The van der Waals surface area contributed by atoms with Crippen LogP contribution in [0.4, 0.5) is 8.78 Å². The normalized spacial score (nSPS) is 12.8. The molecule has 1 heterocycles. The number of rotatable bonds is 7. The molecule has 0 bridgehead atoms. The molecule has 1 aromatic heterocycles. The molecule has 1 atom stereocenters. The van der Waals surface area contributed by atoms with Crippen LogP contribution in [-0.2, 0) is 16.6 Å². The second-order valence-corrected chi connectivity index (χ2v) is 8.76. The van der Waals surface area contributed by atoms with E-state index in [0.717, 1.165) is 6.07 Å². The van der Waals surface area contributed by atoms with Gasteiger partial charge >= 0.3 is 6.01 Å². The molecule has 0 aliphatic rings. The van der Waals surface area contributed by atoms with Crippen molar-refractivity contribution in [2.24, 2.45) is 0 Å². The van der Waals surface area contributed by atoms with Crippen molar-refractivity contribution in [3.8, 4) is 11.8 Å². The van der Waals surface area contributed by atoms with Crippen LogP contribution in [0, 0.1) is 11.6 Å². The first kappa shape index (κ1) is 21.8. The summed E-state index contributed by atoms with van der Waals surface area (Å²) in [5.74, 6) is -0.196. The van der Waals surface area contributed by atoms with Gasteiger partial charge in [-0.2, -0.15) is 0 Å². The van der Waals surface area contributed by atoms with Gasteiger partial charge < -0.3 is 4.74 Å². The molecular formula is C22H20F2N4O3S. The van der Waals surface area contributed by atoms with Gasteiger partial charge in [0, 0.05) is 17.3 Å². The maximum atomic E-state index is 14.1. The number of aromatic nitrogens is 3. The topological polar surface area (TPSA) is 86.1 Å². The van der Waals surface area contributed by atoms with E-state index in [1.807, 2.05) is 6.92 Å². The Bertz CT molecular complexity index is 1370. The lowest BCUT2D eigenvalue weighted by atomic mass is 10.1. The van der Waals surface area contributed by atoms with Crippen LogP contribution in [-0.4, -0.2) is 23.2 Å². The van der Waals surface area contributed by atoms with Gasteiger partial charge in [-0.1, -0.05) is 29.4 Å². The summed E-state index contributed by atoms with van der Waals surface area (Å²) in [6.07, 6.45) is 0. The predicted octanol–water partition coefficient (Wildman–Crippen LogP) is 4.56. The van der Waals surface area contributed by atoms with Crippen molar-refractivity contribution in [3.05, 3.63) is 78.1 Å². The van der Waals surface area contributed by atoms with E-state index in [4.69, 9.17) is 4.74 Å². The highest BCUT2D eigenvalue weighted by molar-refractivity contribution is 7.89. The van der Waals surface area contributed by atoms with Gasteiger partial charge in [-0.25, -0.2) is 21.9 Å². The fourth-order valence-corrected chi connectivity index (χ4v) is 4.83. The predicted molar refractivity (Wildman–Crippen MR) is 115 cm³/mol. The molecule has 7 nitrogen and oxygen atoms in total. The quantitative estimate of drug-likeness (QED) is 0.439. The number of hydrogen-bond acceptors (Lipinski definition) is 5. The highest BCUT2D eigenvalue weighted by atomic mass is 32.2. The summed E-state index contributed by atoms with van der Waals surface area (Å²) >= 11 is 0. The molecule has 0 unspecified atom stereocenters. The van der Waals surface area contributed by atoms with Crippen LogP contribution < -0.4 is 9.46 Å². The second-order valence-electron chi connectivity index (χ2n) is 7.08. The van der Waals surface area contributed by atoms with Crippen molar-refractivity contribution >= 4 is 20.8 Å². The van der Waals surface area contributed by atoms with Crippen molar-refractivity contribution in [3.63, 3.8) is 0 Å². The van der Waals surface area contributed by atoms with Crippen molar-refractivity contribution in [2.45, 2.75) is 31.3 Å². The fraction of sp³-hybridized carbons (Fsp3) is 0.182. The zero-order chi connectivity index (χ0) is 22.9. The molecule has 0 saturated heterocycles. The number of ether oxygens (including phenoxy) is 1. The first-order valence-electron chi connectivity index (χ1n) is 9.86. The molecule has 1 N–H and O–H groups in total. The molecule has 0 saturated carbocycles. The molecule has 3 aromatic carbocycles. The van der Waals surface area contributed by atoms with Crippen molar-refractivity contribution in [2.75, 3.05) is 0 Å². The van der Waals surface area contributed by atoms with E-state index in [9.17, 15) is 17.2 Å². The molecule has 10 heteroatoms. The van der Waals surface area contributed by atoms with Crippen molar-refractivity contribution < 1.29 is 21.9 Å². The maximum Gasteiger partial charge on any atom is 0.322 e. The summed E-state index contributed by atoms with van der Waals surface area (Å²) in [7, 11) is -4.01. The Hall–Kier alpha value is -3.37. The van der Waals surface area contributed by atoms with Gasteiger partial charge in [-0.15, -0.1) is 5.10 Å². The van der Waals surface area contributed by atoms with Gasteiger partial charge in [0.05, 0.1) is 10.9 Å². The van der Waals surface area contributed by atoms with Crippen LogP contribution in [0.3, 0.4) is 0 Å². The van der Waals surface area contributed by atoms with E-state index >= 15 is 0 Å². The first-order valence-corrected chi connectivity index (χ1v) is 11.3. The lowest BCUT2D eigenvalue weighted by Gasteiger charge is -2.16. The molecule has 0 fully saturated rings. The van der Waals surface area contributed by atoms with Gasteiger partial charge in [0.15, 0.2) is 5.82 Å². The molecule has 4 aromatic rings. The molecule has 0 spiro atoms. The van der Waals surface area contributed by atoms with Gasteiger partial charge in [0.1, 0.15) is 17.4 Å². The summed E-state index contributed by atoms with van der Waals surface area (Å²) in [6, 6.07) is 13.5. The average molecular weight is 458 g/mol. The molecule has 0 aliphatic carbocycles. The monoisotopic (exact) mass is 458 g/mol. The van der Waals surface area contributed by atoms with Crippen LogP contribution in [0.5, 0.6) is 11.8 Å². The molecule has 0 aliphatic heterocycles. The average Bonchev–Trinajstić information content (AvgIpc) is 3.18. The third-order valence-corrected chi connectivity index (χ3v) is 6.52. The number of nitrogens with one attached hydrogen (secondary N) is 1. The standard InChI is InChI=1S/C22H20F2N4O3S/c1-3-28-21(25-26-22(28)31-16-10-8-15(23)9-11-16)14(2)27-32(29,30)20-13-12-19(24)17-6-4-5-7-18(17)20/h4-14,27H,3H2,1-2H3/t14-/m1/s1. The zero-order valence-electron chi connectivity index (χ0n) is 17.3. The molecule has 4 rings (SSSR count). The fourth-order valence-electron chi connectivity index (χ4n) is 3.42. The summed E-state index contributed by atoms with van der Waals surface area (Å²) in [4.78, 5) is -0.0355. The minimum Gasteiger partial charge on any atom is -0.424 e. The van der Waals surface area contributed by atoms with Crippen LogP contribution in [0.2, 0.25) is 0 Å². The lowest BCUT2D eigenvalue weighted by Crippen LogP contribution is -2.29. The van der Waals surface area contributed by atoms with Gasteiger partial charge in [0.2, 0.25) is 10.0 Å². The Morgan fingerprint density at radius 2 is 1.69 bits per heavy atom. The van der Waals surface area contributed by atoms with E-state index in [-0.39, 0.29) is 21.7 Å². The highest BCUT2D eigenvalue weighted by Crippen LogP contribution is 2.28. The Balaban J connectivity index is 1.63. The zero-order valence-corrected chi connectivity index (χ0v) is 18.1. The van der Waals surface area contributed by atoms with E-state index < -0.39 is 27.7 Å². The lowest BCUT2D eigenvalue weighted by molar-refractivity contribution is 0.407. The molecule has 0 amide bonds. The smallest absolute Gasteiger partial charge is 0.322 e. The Kier molecular flexibility index (Phi) is 5.90. The third-order valence-electron chi connectivity index (χ3n) is 4.92. The first-order chi connectivity index (χ1) is 15.3. The summed E-state index contributed by atoms with van der Waals surface area (Å²) in [5, 5.41) is 8.58. The third kappa shape index (κ3) is 4.19. The number of fused-ring (bicyclic) bond motifs is 1. The Morgan fingerprint density at radius 1 is 1.00 bits per heavy atom. The SMILES string of the molecule is CCn1c(Oc2ccc(F)cc2)nnc1[C@@H](C)NS(=O)(=O)c1ccc(F)c2ccccc12. The van der Waals surface area contributed by atoms with Crippen LogP contribution in [0.1, 0.15) is 25.7 Å². The Morgan fingerprint density at radius 3 is 2.38 bits per heavy atom. The van der Waals surface area contributed by atoms with E-state index in [1.54, 1.807) is 29.7 Å². The highest BCUT2D eigenvalue weighted by Gasteiger charge is 2.25. The summed E-state index contributed by atoms with van der Waals surface area (Å²) < 4.78 is 63.3. The molecule has 32 heavy (non-hydrogen) atoms. The number of nitrogens with zero attached hydrogens (tertiary/aromatic N) is 3. The summed E-state index contributed by atoms with van der Waals surface area (Å²) in [5.41, 5.74) is 0. The molecular weight excluding hydrogens is 438 g/mol. The number of sulfonamides is 1. The van der Waals surface area contributed by atoms with Crippen LogP contribution in [0.25, 0.3) is 10.8 Å². The van der Waals surface area contributed by atoms with Crippen LogP contribution >= 0.6 is 0 Å². The van der Waals surface area contributed by atoms with Gasteiger partial charge in [0.25, 0.3) is 0 Å². The van der Waals surface area contributed by atoms with Gasteiger partial charge in [-0.3, -0.25) is 4.57 Å². The van der Waals surface area contributed by atoms with E-state index in [0.29, 0.717) is 18.1 Å². The number of hydrogen-bond donors (Lipinski definition) is 1. The molecule has 0 radical (unpaired) electrons. The van der Waals surface area contributed by atoms with Crippen molar-refractivity contribution in [1.82, 2.24) is 19.5 Å². The van der Waals surface area contributed by atoms with E-state index in [2.05, 4.69) is 14.9 Å².